The van der Waals surface area contributed by atoms with E-state index in [1.165, 1.54) is 48.5 Å². The van der Waals surface area contributed by atoms with Crippen molar-refractivity contribution < 1.29 is 44.3 Å². The first-order valence-corrected chi connectivity index (χ1v) is 11.6. The van der Waals surface area contributed by atoms with Gasteiger partial charge in [-0.15, -0.1) is 0 Å². The molecule has 0 saturated carbocycles. The maximum atomic E-state index is 12.5. The van der Waals surface area contributed by atoms with E-state index in [0.29, 0.717) is 5.69 Å². The topological polar surface area (TPSA) is 129 Å². The van der Waals surface area contributed by atoms with Crippen LogP contribution in [0.3, 0.4) is 0 Å². The van der Waals surface area contributed by atoms with Crippen LogP contribution in [-0.4, -0.2) is 32.6 Å². The molecule has 3 rings (SSSR count). The first-order chi connectivity index (χ1) is 17.6. The Labute approximate surface area is 210 Å². The second-order valence-corrected chi connectivity index (χ2v) is 9.01. The van der Waals surface area contributed by atoms with Gasteiger partial charge >= 0.3 is 24.2 Å². The van der Waals surface area contributed by atoms with Gasteiger partial charge in [0, 0.05) is 17.1 Å². The highest BCUT2D eigenvalue weighted by molar-refractivity contribution is 7.92. The van der Waals surface area contributed by atoms with E-state index in [1.54, 1.807) is 10.6 Å². The Kier molecular flexibility index (Phi) is 8.04. The van der Waals surface area contributed by atoms with Gasteiger partial charge in [-0.05, 0) is 72.8 Å². The molecule has 3 aromatic carbocycles. The Balaban J connectivity index is 1.60. The van der Waals surface area contributed by atoms with Crippen molar-refractivity contribution >= 4 is 50.3 Å². The summed E-state index contributed by atoms with van der Waals surface area (Å²) in [6.07, 6.45) is -10.1. The van der Waals surface area contributed by atoms with Gasteiger partial charge in [-0.2, -0.15) is 36.6 Å². The average molecular weight is 559 g/mol. The molecular weight excluding hydrogens is 544 g/mol. The molecule has 200 valence electrons. The molecule has 0 aliphatic rings. The Morgan fingerprint density at radius 1 is 0.579 bits per heavy atom. The van der Waals surface area contributed by atoms with Crippen LogP contribution < -0.4 is 15.4 Å². The lowest BCUT2D eigenvalue weighted by Crippen LogP contribution is -2.29. The molecule has 0 bridgehead atoms. The van der Waals surface area contributed by atoms with Crippen molar-refractivity contribution in [2.24, 2.45) is 10.2 Å². The van der Waals surface area contributed by atoms with Crippen molar-refractivity contribution in [2.45, 2.75) is 17.2 Å². The molecule has 0 atom stereocenters. The minimum atomic E-state index is -5.10. The fourth-order valence-corrected chi connectivity index (χ4v) is 3.72. The number of halogens is 6. The zero-order valence-electron chi connectivity index (χ0n) is 18.6. The van der Waals surface area contributed by atoms with Gasteiger partial charge < -0.3 is 10.6 Å². The lowest BCUT2D eigenvalue weighted by Gasteiger charge is -2.10. The summed E-state index contributed by atoms with van der Waals surface area (Å²) in [7, 11) is -4.12. The number of azo groups is 1. The predicted octanol–water partition coefficient (Wildman–Crippen LogP) is 5.90. The van der Waals surface area contributed by atoms with E-state index < -0.39 is 34.2 Å². The molecule has 38 heavy (non-hydrogen) atoms. The monoisotopic (exact) mass is 559 g/mol. The normalized spacial score (nSPS) is 12.3. The molecule has 0 aliphatic heterocycles. The fraction of sp³-hybridized carbons (Fsp3) is 0.0909. The number of anilines is 3. The van der Waals surface area contributed by atoms with Crippen molar-refractivity contribution in [3.05, 3.63) is 72.8 Å². The van der Waals surface area contributed by atoms with Crippen LogP contribution in [0.4, 0.5) is 54.8 Å². The Morgan fingerprint density at radius 3 is 1.29 bits per heavy atom. The first kappa shape index (κ1) is 28.1. The third-order valence-corrected chi connectivity index (χ3v) is 5.86. The second kappa shape index (κ2) is 10.9. The van der Waals surface area contributed by atoms with Gasteiger partial charge in [0.05, 0.1) is 16.3 Å². The third kappa shape index (κ3) is 7.76. The molecule has 3 aromatic rings. The Morgan fingerprint density at radius 2 is 0.921 bits per heavy atom. The molecule has 16 heteroatoms. The number of benzene rings is 3. The quantitative estimate of drug-likeness (QED) is 0.246. The number of hydrogen-bond acceptors (Lipinski definition) is 6. The molecule has 2 amide bonds. The van der Waals surface area contributed by atoms with E-state index in [2.05, 4.69) is 15.0 Å². The molecular formula is C22H15F6N5O4S. The lowest BCUT2D eigenvalue weighted by atomic mass is 10.3. The van der Waals surface area contributed by atoms with Gasteiger partial charge in [0.2, 0.25) is 0 Å². The summed E-state index contributed by atoms with van der Waals surface area (Å²) in [5, 5.41) is 11.1. The molecule has 0 spiro atoms. The molecule has 0 heterocycles. The molecule has 3 N–H and O–H groups in total. The molecule has 0 unspecified atom stereocenters. The number of rotatable bonds is 7. The average Bonchev–Trinajstić information content (AvgIpc) is 2.83. The Hall–Kier alpha value is -4.47. The summed E-state index contributed by atoms with van der Waals surface area (Å²) in [5.74, 6) is -4.32. The number of hydrogen-bond donors (Lipinski definition) is 3. The summed E-state index contributed by atoms with van der Waals surface area (Å²) in [6.45, 7) is 0. The van der Waals surface area contributed by atoms with Gasteiger partial charge in [-0.25, -0.2) is 8.42 Å². The molecule has 0 fully saturated rings. The highest BCUT2D eigenvalue weighted by atomic mass is 32.2. The maximum Gasteiger partial charge on any atom is 0.471 e. The zero-order chi connectivity index (χ0) is 28.1. The largest absolute Gasteiger partial charge is 0.471 e. The third-order valence-electron chi connectivity index (χ3n) is 4.46. The van der Waals surface area contributed by atoms with Gasteiger partial charge in [0.25, 0.3) is 10.0 Å². The minimum Gasteiger partial charge on any atom is -0.318 e. The molecule has 0 saturated heterocycles. The van der Waals surface area contributed by atoms with E-state index >= 15 is 0 Å². The highest BCUT2D eigenvalue weighted by Gasteiger charge is 2.39. The van der Waals surface area contributed by atoms with Crippen LogP contribution in [-0.2, 0) is 19.6 Å². The van der Waals surface area contributed by atoms with E-state index in [1.807, 2.05) is 0 Å². The summed E-state index contributed by atoms with van der Waals surface area (Å²) in [4.78, 5) is 21.6. The smallest absolute Gasteiger partial charge is 0.318 e. The van der Waals surface area contributed by atoms with Gasteiger partial charge in [-0.3, -0.25) is 14.3 Å². The maximum absolute atomic E-state index is 12.5. The van der Waals surface area contributed by atoms with Crippen molar-refractivity contribution in [1.82, 2.24) is 0 Å². The lowest BCUT2D eigenvalue weighted by molar-refractivity contribution is -0.167. The van der Waals surface area contributed by atoms with Crippen molar-refractivity contribution in [3.63, 3.8) is 0 Å². The fourth-order valence-electron chi connectivity index (χ4n) is 2.66. The van der Waals surface area contributed by atoms with Crippen LogP contribution in [0.25, 0.3) is 0 Å². The number of carbonyl (C=O) groups excluding carboxylic acids is 2. The SMILES string of the molecule is O=C(Nc1ccc(N=Nc2ccc(NS(=O)(=O)c3ccc(NC(=O)C(F)(F)F)cc3)cc2)cc1)C(F)(F)F. The number of nitrogens with zero attached hydrogens (tertiary/aromatic N) is 2. The van der Waals surface area contributed by atoms with Crippen LogP contribution in [0.15, 0.2) is 87.9 Å². The van der Waals surface area contributed by atoms with Crippen molar-refractivity contribution in [3.8, 4) is 0 Å². The first-order valence-electron chi connectivity index (χ1n) is 10.1. The number of alkyl halides is 6. The zero-order valence-corrected chi connectivity index (χ0v) is 19.4. The summed E-state index contributed by atoms with van der Waals surface area (Å²) >= 11 is 0. The summed E-state index contributed by atoms with van der Waals surface area (Å²) in [5.41, 5.74) is 0.343. The van der Waals surface area contributed by atoms with Crippen molar-refractivity contribution in [2.75, 3.05) is 15.4 Å². The molecule has 0 radical (unpaired) electrons. The van der Waals surface area contributed by atoms with Crippen LogP contribution in [0.1, 0.15) is 0 Å². The standard InChI is InChI=1S/C22H15F6N5O4S/c23-21(24,25)19(34)29-13-1-3-15(4-2-13)31-32-16-5-7-17(8-6-16)33-38(36,37)18-11-9-14(10-12-18)30-20(35)22(26,27)28/h1-12,33H,(H,29,34)(H,30,35). The van der Waals surface area contributed by atoms with Gasteiger partial charge in [0.15, 0.2) is 0 Å². The van der Waals surface area contributed by atoms with Crippen LogP contribution in [0.5, 0.6) is 0 Å². The molecule has 9 nitrogen and oxygen atoms in total. The minimum absolute atomic E-state index is 0.0939. The number of sulfonamides is 1. The van der Waals surface area contributed by atoms with Crippen LogP contribution in [0, 0.1) is 0 Å². The number of amides is 2. The Bertz CT molecular complexity index is 1440. The van der Waals surface area contributed by atoms with E-state index in [4.69, 9.17) is 0 Å². The summed E-state index contributed by atoms with van der Waals surface area (Å²) in [6, 6.07) is 14.6. The van der Waals surface area contributed by atoms with Crippen LogP contribution in [0.2, 0.25) is 0 Å². The molecule has 0 aromatic heterocycles. The second-order valence-electron chi connectivity index (χ2n) is 7.33. The molecule has 0 aliphatic carbocycles. The van der Waals surface area contributed by atoms with E-state index in [0.717, 1.165) is 24.3 Å². The van der Waals surface area contributed by atoms with E-state index in [-0.39, 0.29) is 27.6 Å². The van der Waals surface area contributed by atoms with Crippen molar-refractivity contribution in [1.29, 1.82) is 0 Å². The van der Waals surface area contributed by atoms with Gasteiger partial charge in [-0.1, -0.05) is 0 Å². The summed E-state index contributed by atoms with van der Waals surface area (Å²) < 4.78 is 101. The predicted molar refractivity (Wildman–Crippen MR) is 124 cm³/mol. The number of carbonyl (C=O) groups is 2. The number of nitrogens with one attached hydrogen (secondary N) is 3. The highest BCUT2D eigenvalue weighted by Crippen LogP contribution is 2.25. The van der Waals surface area contributed by atoms with Crippen LogP contribution >= 0.6 is 0 Å². The van der Waals surface area contributed by atoms with Gasteiger partial charge in [0.1, 0.15) is 0 Å². The van der Waals surface area contributed by atoms with E-state index in [9.17, 15) is 44.3 Å².